The van der Waals surface area contributed by atoms with Crippen molar-refractivity contribution < 1.29 is 9.18 Å². The fraction of sp³-hybridized carbons (Fsp3) is 0.500. The Hall–Kier alpha value is -1.93. The molecule has 0 aliphatic rings. The summed E-state index contributed by atoms with van der Waals surface area (Å²) in [6, 6.07) is 5.58. The first-order valence-corrected chi connectivity index (χ1v) is 7.17. The molecule has 0 aliphatic heterocycles. The molecule has 2 N–H and O–H groups in total. The number of rotatable bonds is 6. The summed E-state index contributed by atoms with van der Waals surface area (Å²) in [5.41, 5.74) is 6.61. The second kappa shape index (κ2) is 7.75. The number of carbonyl (C=O) groups excluding carboxylic acids is 1. The van der Waals surface area contributed by atoms with Gasteiger partial charge in [0.2, 0.25) is 5.91 Å². The number of likely N-dealkylation sites (N-methyl/N-ethyl adjacent to an activating group) is 1. The molecule has 1 rings (SSSR count). The van der Waals surface area contributed by atoms with Crippen molar-refractivity contribution >= 4 is 5.91 Å². The Labute approximate surface area is 125 Å². The molecule has 21 heavy (non-hydrogen) atoms. The summed E-state index contributed by atoms with van der Waals surface area (Å²) >= 11 is 0. The molecule has 0 aliphatic carbocycles. The zero-order valence-electron chi connectivity index (χ0n) is 12.8. The molecule has 0 spiro atoms. The number of amides is 1. The van der Waals surface area contributed by atoms with Crippen molar-refractivity contribution in [2.24, 2.45) is 11.7 Å². The fourth-order valence-corrected chi connectivity index (χ4v) is 2.00. The van der Waals surface area contributed by atoms with Crippen LogP contribution in [0.15, 0.2) is 18.2 Å². The van der Waals surface area contributed by atoms with E-state index in [2.05, 4.69) is 0 Å². The average molecular weight is 291 g/mol. The third kappa shape index (κ3) is 4.27. The van der Waals surface area contributed by atoms with Crippen LogP contribution in [0.5, 0.6) is 0 Å². The monoisotopic (exact) mass is 291 g/mol. The molecule has 0 bridgehead atoms. The highest BCUT2D eigenvalue weighted by atomic mass is 19.1. The van der Waals surface area contributed by atoms with Gasteiger partial charge in [-0.3, -0.25) is 4.79 Å². The first-order chi connectivity index (χ1) is 9.94. The molecule has 5 heteroatoms. The van der Waals surface area contributed by atoms with Gasteiger partial charge in [-0.15, -0.1) is 0 Å². The van der Waals surface area contributed by atoms with Crippen LogP contribution in [-0.4, -0.2) is 23.4 Å². The van der Waals surface area contributed by atoms with Crippen molar-refractivity contribution in [1.82, 2.24) is 4.90 Å². The number of carbonyl (C=O) groups is 1. The van der Waals surface area contributed by atoms with E-state index in [0.29, 0.717) is 12.1 Å². The summed E-state index contributed by atoms with van der Waals surface area (Å²) in [7, 11) is 0. The molecule has 1 aromatic carbocycles. The van der Waals surface area contributed by atoms with Crippen molar-refractivity contribution in [3.63, 3.8) is 0 Å². The summed E-state index contributed by atoms with van der Waals surface area (Å²) in [6.07, 6.45) is 0.815. The summed E-state index contributed by atoms with van der Waals surface area (Å²) < 4.78 is 13.9. The highest BCUT2D eigenvalue weighted by molar-refractivity contribution is 5.81. The van der Waals surface area contributed by atoms with Gasteiger partial charge in [0.25, 0.3) is 0 Å². The topological polar surface area (TPSA) is 70.1 Å². The van der Waals surface area contributed by atoms with Crippen molar-refractivity contribution in [3.05, 3.63) is 35.1 Å². The zero-order chi connectivity index (χ0) is 16.0. The lowest BCUT2D eigenvalue weighted by Gasteiger charge is -2.27. The van der Waals surface area contributed by atoms with E-state index in [-0.39, 0.29) is 23.9 Å². The standard InChI is InChI=1S/C16H22FN3O/c1-4-11(3)15(19)16(21)20(5-2)10-13-7-6-12(9-18)8-14(13)17/h6-8,11,15H,4-5,10,19H2,1-3H3/t11-,15-/m0/s1. The van der Waals surface area contributed by atoms with Gasteiger partial charge in [-0.05, 0) is 25.0 Å². The molecule has 0 aromatic heterocycles. The summed E-state index contributed by atoms with van der Waals surface area (Å²) in [6.45, 7) is 6.37. The summed E-state index contributed by atoms with van der Waals surface area (Å²) in [5, 5.41) is 8.73. The van der Waals surface area contributed by atoms with Crippen LogP contribution < -0.4 is 5.73 Å². The van der Waals surface area contributed by atoms with Crippen molar-refractivity contribution in [3.8, 4) is 6.07 Å². The molecular formula is C16H22FN3O. The van der Waals surface area contributed by atoms with Crippen molar-refractivity contribution in [2.75, 3.05) is 6.54 Å². The minimum absolute atomic E-state index is 0.0809. The first kappa shape index (κ1) is 17.1. The molecule has 1 aromatic rings. The lowest BCUT2D eigenvalue weighted by Crippen LogP contribution is -2.46. The number of benzene rings is 1. The van der Waals surface area contributed by atoms with Gasteiger partial charge in [-0.25, -0.2) is 4.39 Å². The third-order valence-electron chi connectivity index (χ3n) is 3.78. The highest BCUT2D eigenvalue weighted by Crippen LogP contribution is 2.15. The van der Waals surface area contributed by atoms with Gasteiger partial charge in [0.15, 0.2) is 0 Å². The maximum atomic E-state index is 13.9. The van der Waals surface area contributed by atoms with E-state index in [1.165, 1.54) is 6.07 Å². The molecule has 0 heterocycles. The Morgan fingerprint density at radius 1 is 1.48 bits per heavy atom. The predicted octanol–water partition coefficient (Wildman–Crippen LogP) is 2.42. The maximum absolute atomic E-state index is 13.9. The minimum atomic E-state index is -0.573. The van der Waals surface area contributed by atoms with E-state index in [9.17, 15) is 9.18 Å². The van der Waals surface area contributed by atoms with Gasteiger partial charge < -0.3 is 10.6 Å². The minimum Gasteiger partial charge on any atom is -0.337 e. The number of nitrogens with two attached hydrogens (primary N) is 1. The summed E-state index contributed by atoms with van der Waals surface area (Å²) in [4.78, 5) is 13.9. The average Bonchev–Trinajstić information content (AvgIpc) is 2.51. The third-order valence-corrected chi connectivity index (χ3v) is 3.78. The molecule has 114 valence electrons. The van der Waals surface area contributed by atoms with Gasteiger partial charge in [0, 0.05) is 18.7 Å². The molecule has 0 fully saturated rings. The molecule has 0 saturated heterocycles. The van der Waals surface area contributed by atoms with Gasteiger partial charge in [0.1, 0.15) is 5.82 Å². The largest absolute Gasteiger partial charge is 0.337 e. The molecule has 0 saturated carbocycles. The first-order valence-electron chi connectivity index (χ1n) is 7.17. The van der Waals surface area contributed by atoms with Crippen LogP contribution >= 0.6 is 0 Å². The van der Waals surface area contributed by atoms with E-state index in [4.69, 9.17) is 11.0 Å². The Balaban J connectivity index is 2.88. The van der Waals surface area contributed by atoms with E-state index in [1.807, 2.05) is 26.8 Å². The van der Waals surface area contributed by atoms with Crippen molar-refractivity contribution in [2.45, 2.75) is 39.8 Å². The molecule has 0 radical (unpaired) electrons. The van der Waals surface area contributed by atoms with Gasteiger partial charge in [-0.2, -0.15) is 5.26 Å². The number of hydrogen-bond donors (Lipinski definition) is 1. The van der Waals surface area contributed by atoms with Crippen LogP contribution in [-0.2, 0) is 11.3 Å². The lowest BCUT2D eigenvalue weighted by atomic mass is 9.98. The van der Waals surface area contributed by atoms with Gasteiger partial charge in [0.05, 0.1) is 17.7 Å². The summed E-state index contributed by atoms with van der Waals surface area (Å²) in [5.74, 6) is -0.564. The second-order valence-corrected chi connectivity index (χ2v) is 5.18. The quantitative estimate of drug-likeness (QED) is 0.875. The number of nitrogens with zero attached hydrogens (tertiary/aromatic N) is 2. The fourth-order valence-electron chi connectivity index (χ4n) is 2.00. The molecule has 2 atom stereocenters. The number of halogens is 1. The zero-order valence-corrected chi connectivity index (χ0v) is 12.8. The van der Waals surface area contributed by atoms with Gasteiger partial charge >= 0.3 is 0 Å². The Morgan fingerprint density at radius 3 is 2.62 bits per heavy atom. The number of hydrogen-bond acceptors (Lipinski definition) is 3. The molecule has 1 amide bonds. The molecular weight excluding hydrogens is 269 g/mol. The Kier molecular flexibility index (Phi) is 6.32. The highest BCUT2D eigenvalue weighted by Gasteiger charge is 2.24. The van der Waals surface area contributed by atoms with Crippen molar-refractivity contribution in [1.29, 1.82) is 5.26 Å². The number of nitriles is 1. The van der Waals surface area contributed by atoms with Gasteiger partial charge in [-0.1, -0.05) is 26.3 Å². The van der Waals surface area contributed by atoms with E-state index in [1.54, 1.807) is 17.0 Å². The van der Waals surface area contributed by atoms with Crippen LogP contribution in [0.2, 0.25) is 0 Å². The molecule has 0 unspecified atom stereocenters. The SMILES string of the molecule is CC[C@H](C)[C@H](N)C(=O)N(CC)Cc1ccc(C#N)cc1F. The smallest absolute Gasteiger partial charge is 0.240 e. The van der Waals surface area contributed by atoms with Crippen LogP contribution in [0.4, 0.5) is 4.39 Å². The maximum Gasteiger partial charge on any atom is 0.240 e. The lowest BCUT2D eigenvalue weighted by molar-refractivity contribution is -0.134. The predicted molar refractivity (Wildman–Crippen MR) is 79.6 cm³/mol. The van der Waals surface area contributed by atoms with E-state index in [0.717, 1.165) is 6.42 Å². The van der Waals surface area contributed by atoms with E-state index >= 15 is 0 Å². The van der Waals surface area contributed by atoms with Crippen LogP contribution in [0, 0.1) is 23.1 Å². The van der Waals surface area contributed by atoms with E-state index < -0.39 is 11.9 Å². The molecule has 4 nitrogen and oxygen atoms in total. The Morgan fingerprint density at radius 2 is 2.14 bits per heavy atom. The van der Waals surface area contributed by atoms with Crippen LogP contribution in [0.3, 0.4) is 0 Å². The normalized spacial score (nSPS) is 13.3. The Bertz CT molecular complexity index is 539. The van der Waals surface area contributed by atoms with Crippen LogP contribution in [0.25, 0.3) is 0 Å². The second-order valence-electron chi connectivity index (χ2n) is 5.18. The van der Waals surface area contributed by atoms with Crippen LogP contribution in [0.1, 0.15) is 38.3 Å².